The van der Waals surface area contributed by atoms with E-state index in [2.05, 4.69) is 24.0 Å². The molecule has 0 aliphatic heterocycles. The van der Waals surface area contributed by atoms with Crippen LogP contribution in [0.1, 0.15) is 17.5 Å². The molecular formula is C18H16ClFO. The first kappa shape index (κ1) is 15.4. The monoisotopic (exact) mass is 302 g/mol. The van der Waals surface area contributed by atoms with Crippen molar-refractivity contribution in [2.45, 2.75) is 12.8 Å². The second kappa shape index (κ2) is 8.34. The number of alkyl halides is 1. The van der Waals surface area contributed by atoms with Crippen molar-refractivity contribution in [2.24, 2.45) is 0 Å². The summed E-state index contributed by atoms with van der Waals surface area (Å²) in [5.74, 6) is 6.01. The van der Waals surface area contributed by atoms with Gasteiger partial charge in [0.05, 0.1) is 18.1 Å². The van der Waals surface area contributed by atoms with Gasteiger partial charge in [0.1, 0.15) is 11.6 Å². The van der Waals surface area contributed by atoms with Crippen LogP contribution in [0.5, 0.6) is 5.75 Å². The molecule has 2 aromatic carbocycles. The van der Waals surface area contributed by atoms with Crippen molar-refractivity contribution in [3.05, 3.63) is 65.5 Å². The molecule has 0 aromatic heterocycles. The molecule has 0 atom stereocenters. The van der Waals surface area contributed by atoms with Crippen LogP contribution in [0.15, 0.2) is 48.5 Å². The molecule has 0 fully saturated rings. The predicted molar refractivity (Wildman–Crippen MR) is 84.3 cm³/mol. The maximum absolute atomic E-state index is 13.3. The van der Waals surface area contributed by atoms with Crippen LogP contribution < -0.4 is 4.74 Å². The van der Waals surface area contributed by atoms with Gasteiger partial charge in [0.25, 0.3) is 0 Å². The van der Waals surface area contributed by atoms with Gasteiger partial charge in [0.15, 0.2) is 0 Å². The van der Waals surface area contributed by atoms with E-state index in [1.165, 1.54) is 17.7 Å². The lowest BCUT2D eigenvalue weighted by atomic mass is 10.1. The highest BCUT2D eigenvalue weighted by molar-refractivity contribution is 6.19. The van der Waals surface area contributed by atoms with Gasteiger partial charge in [-0.3, -0.25) is 0 Å². The number of rotatable bonds is 5. The standard InChI is InChI=1S/C18H16ClFO/c19-12-4-9-16-10-11-17(20)14-18(16)21-13-5-8-15-6-2-1-3-7-15/h1-3,6-7,10-11,14H,5,8,12-13H2. The zero-order chi connectivity index (χ0) is 14.9. The van der Waals surface area contributed by atoms with Crippen molar-refractivity contribution >= 4 is 11.6 Å². The third-order valence-corrected chi connectivity index (χ3v) is 3.08. The quantitative estimate of drug-likeness (QED) is 0.451. The third-order valence-electron chi connectivity index (χ3n) is 2.94. The Balaban J connectivity index is 1.91. The van der Waals surface area contributed by atoms with E-state index in [0.29, 0.717) is 17.9 Å². The second-order valence-corrected chi connectivity index (χ2v) is 4.78. The van der Waals surface area contributed by atoms with E-state index in [9.17, 15) is 4.39 Å². The van der Waals surface area contributed by atoms with Crippen LogP contribution in [-0.4, -0.2) is 12.5 Å². The summed E-state index contributed by atoms with van der Waals surface area (Å²) in [5.41, 5.74) is 1.93. The normalized spacial score (nSPS) is 9.81. The molecule has 0 saturated carbocycles. The highest BCUT2D eigenvalue weighted by Crippen LogP contribution is 2.19. The topological polar surface area (TPSA) is 9.23 Å². The molecule has 108 valence electrons. The highest BCUT2D eigenvalue weighted by Gasteiger charge is 2.03. The summed E-state index contributed by atoms with van der Waals surface area (Å²) in [6.45, 7) is 0.522. The van der Waals surface area contributed by atoms with Crippen LogP contribution in [0.25, 0.3) is 0 Å². The average Bonchev–Trinajstić information content (AvgIpc) is 2.52. The van der Waals surface area contributed by atoms with E-state index < -0.39 is 0 Å². The molecule has 1 nitrogen and oxygen atoms in total. The molecule has 0 saturated heterocycles. The average molecular weight is 303 g/mol. The van der Waals surface area contributed by atoms with Crippen molar-refractivity contribution < 1.29 is 9.13 Å². The Labute approximate surface area is 129 Å². The Morgan fingerprint density at radius 2 is 1.90 bits per heavy atom. The second-order valence-electron chi connectivity index (χ2n) is 4.51. The molecule has 0 radical (unpaired) electrons. The molecule has 0 heterocycles. The minimum absolute atomic E-state index is 0.241. The van der Waals surface area contributed by atoms with Gasteiger partial charge in [-0.05, 0) is 30.5 Å². The van der Waals surface area contributed by atoms with Crippen molar-refractivity contribution in [3.8, 4) is 17.6 Å². The molecule has 0 unspecified atom stereocenters. The molecule has 0 aliphatic carbocycles. The lowest BCUT2D eigenvalue weighted by Crippen LogP contribution is -2.01. The van der Waals surface area contributed by atoms with Crippen LogP contribution in [0.3, 0.4) is 0 Å². The zero-order valence-corrected chi connectivity index (χ0v) is 12.4. The van der Waals surface area contributed by atoms with Crippen molar-refractivity contribution in [3.63, 3.8) is 0 Å². The fraction of sp³-hybridized carbons (Fsp3) is 0.222. The largest absolute Gasteiger partial charge is 0.492 e. The Hall–Kier alpha value is -1.98. The fourth-order valence-electron chi connectivity index (χ4n) is 1.95. The van der Waals surface area contributed by atoms with Gasteiger partial charge in [-0.2, -0.15) is 0 Å². The van der Waals surface area contributed by atoms with E-state index in [-0.39, 0.29) is 11.7 Å². The van der Waals surface area contributed by atoms with Gasteiger partial charge in [0.2, 0.25) is 0 Å². The van der Waals surface area contributed by atoms with Gasteiger partial charge < -0.3 is 4.74 Å². The smallest absolute Gasteiger partial charge is 0.137 e. The van der Waals surface area contributed by atoms with Crippen LogP contribution in [-0.2, 0) is 6.42 Å². The molecule has 2 aromatic rings. The molecule has 0 bridgehead atoms. The van der Waals surface area contributed by atoms with Gasteiger partial charge in [0, 0.05) is 6.07 Å². The molecule has 0 N–H and O–H groups in total. The number of benzene rings is 2. The minimum atomic E-state index is -0.329. The maximum Gasteiger partial charge on any atom is 0.137 e. The van der Waals surface area contributed by atoms with E-state index in [1.807, 2.05) is 18.2 Å². The third kappa shape index (κ3) is 5.13. The Kier molecular flexibility index (Phi) is 6.12. The van der Waals surface area contributed by atoms with E-state index in [4.69, 9.17) is 16.3 Å². The summed E-state index contributed by atoms with van der Waals surface area (Å²) < 4.78 is 18.9. The van der Waals surface area contributed by atoms with E-state index in [1.54, 1.807) is 6.07 Å². The number of hydrogen-bond acceptors (Lipinski definition) is 1. The van der Waals surface area contributed by atoms with E-state index in [0.717, 1.165) is 12.8 Å². The molecule has 3 heteroatoms. The van der Waals surface area contributed by atoms with Crippen LogP contribution in [0.2, 0.25) is 0 Å². The van der Waals surface area contributed by atoms with Gasteiger partial charge in [-0.25, -0.2) is 4.39 Å². The molecular weight excluding hydrogens is 287 g/mol. The summed E-state index contributed by atoms with van der Waals surface area (Å²) in [6, 6.07) is 14.5. The number of hydrogen-bond donors (Lipinski definition) is 0. The fourth-order valence-corrected chi connectivity index (χ4v) is 2.02. The molecule has 0 amide bonds. The van der Waals surface area contributed by atoms with Crippen LogP contribution in [0.4, 0.5) is 4.39 Å². The summed E-state index contributed by atoms with van der Waals surface area (Å²) >= 11 is 5.54. The highest BCUT2D eigenvalue weighted by atomic mass is 35.5. The maximum atomic E-state index is 13.3. The van der Waals surface area contributed by atoms with E-state index >= 15 is 0 Å². The molecule has 2 rings (SSSR count). The van der Waals surface area contributed by atoms with Crippen LogP contribution >= 0.6 is 11.6 Å². The summed E-state index contributed by atoms with van der Waals surface area (Å²) in [7, 11) is 0. The van der Waals surface area contributed by atoms with Crippen molar-refractivity contribution in [1.82, 2.24) is 0 Å². The predicted octanol–water partition coefficient (Wildman–Crippen LogP) is 4.43. The zero-order valence-electron chi connectivity index (χ0n) is 11.6. The SMILES string of the molecule is Fc1ccc(C#CCCl)c(OCCCc2ccccc2)c1. The Morgan fingerprint density at radius 3 is 2.67 bits per heavy atom. The molecule has 0 spiro atoms. The lowest BCUT2D eigenvalue weighted by molar-refractivity contribution is 0.308. The summed E-state index contributed by atoms with van der Waals surface area (Å²) in [4.78, 5) is 0. The molecule has 21 heavy (non-hydrogen) atoms. The van der Waals surface area contributed by atoms with Gasteiger partial charge in [-0.1, -0.05) is 42.2 Å². The summed E-state index contributed by atoms with van der Waals surface area (Å²) in [6.07, 6.45) is 1.79. The molecule has 0 aliphatic rings. The minimum Gasteiger partial charge on any atom is -0.492 e. The van der Waals surface area contributed by atoms with Crippen molar-refractivity contribution in [2.75, 3.05) is 12.5 Å². The Bertz CT molecular complexity index is 629. The van der Waals surface area contributed by atoms with Crippen molar-refractivity contribution in [1.29, 1.82) is 0 Å². The first-order chi connectivity index (χ1) is 10.3. The number of aryl methyl sites for hydroxylation is 1. The van der Waals surface area contributed by atoms with Gasteiger partial charge >= 0.3 is 0 Å². The number of ether oxygens (including phenoxy) is 1. The Morgan fingerprint density at radius 1 is 1.10 bits per heavy atom. The van der Waals surface area contributed by atoms with Crippen LogP contribution in [0, 0.1) is 17.7 Å². The van der Waals surface area contributed by atoms with Gasteiger partial charge in [-0.15, -0.1) is 11.6 Å². The summed E-state index contributed by atoms with van der Waals surface area (Å²) in [5, 5.41) is 0. The number of halogens is 2. The first-order valence-corrected chi connectivity index (χ1v) is 7.34. The lowest BCUT2D eigenvalue weighted by Gasteiger charge is -2.08. The first-order valence-electron chi connectivity index (χ1n) is 6.80.